The zero-order valence-corrected chi connectivity index (χ0v) is 8.80. The molecule has 0 atom stereocenters. The van der Waals surface area contributed by atoms with Crippen LogP contribution < -0.4 is 4.74 Å². The van der Waals surface area contributed by atoms with Crippen molar-refractivity contribution >= 4 is 5.97 Å². The van der Waals surface area contributed by atoms with E-state index in [1.165, 1.54) is 0 Å². The molecule has 0 saturated heterocycles. The quantitative estimate of drug-likeness (QED) is 0.530. The molecule has 4 heteroatoms. The molecule has 0 fully saturated rings. The Kier molecular flexibility index (Phi) is 3.07. The maximum Gasteiger partial charge on any atom is 0.316 e. The van der Waals surface area contributed by atoms with Crippen molar-refractivity contribution in [3.63, 3.8) is 0 Å². The summed E-state index contributed by atoms with van der Waals surface area (Å²) in [6.45, 7) is 4.95. The van der Waals surface area contributed by atoms with Crippen molar-refractivity contribution in [3.05, 3.63) is 29.8 Å². The van der Waals surface area contributed by atoms with Crippen LogP contribution in [0.15, 0.2) is 18.2 Å². The molecule has 0 radical (unpaired) electrons. The van der Waals surface area contributed by atoms with Gasteiger partial charge < -0.3 is 4.74 Å². The van der Waals surface area contributed by atoms with Crippen LogP contribution in [0.5, 0.6) is 5.75 Å². The lowest BCUT2D eigenvalue weighted by atomic mass is 9.97. The molecular formula is C11H12F2O2. The maximum atomic E-state index is 13.1. The van der Waals surface area contributed by atoms with Gasteiger partial charge in [0.25, 0.3) is 0 Å². The molecule has 0 aliphatic heterocycles. The van der Waals surface area contributed by atoms with E-state index >= 15 is 0 Å². The van der Waals surface area contributed by atoms with Crippen molar-refractivity contribution in [2.24, 2.45) is 5.41 Å². The molecule has 0 heterocycles. The molecule has 0 saturated carbocycles. The summed E-state index contributed by atoms with van der Waals surface area (Å²) < 4.78 is 30.4. The van der Waals surface area contributed by atoms with E-state index in [0.29, 0.717) is 6.07 Å². The van der Waals surface area contributed by atoms with Gasteiger partial charge in [0.05, 0.1) is 5.41 Å². The Labute approximate surface area is 86.9 Å². The number of esters is 1. The van der Waals surface area contributed by atoms with Gasteiger partial charge in [0.15, 0.2) is 11.6 Å². The van der Waals surface area contributed by atoms with Crippen molar-refractivity contribution < 1.29 is 18.3 Å². The van der Waals surface area contributed by atoms with E-state index < -0.39 is 23.0 Å². The zero-order valence-electron chi connectivity index (χ0n) is 8.80. The number of rotatable bonds is 1. The monoisotopic (exact) mass is 214 g/mol. The van der Waals surface area contributed by atoms with Crippen LogP contribution in [-0.4, -0.2) is 5.97 Å². The third-order valence-corrected chi connectivity index (χ3v) is 1.71. The Balaban J connectivity index is 2.87. The highest BCUT2D eigenvalue weighted by Crippen LogP contribution is 2.22. The third-order valence-electron chi connectivity index (χ3n) is 1.71. The molecule has 0 unspecified atom stereocenters. The molecular weight excluding hydrogens is 202 g/mol. The van der Waals surface area contributed by atoms with Crippen LogP contribution in [0.3, 0.4) is 0 Å². The molecule has 15 heavy (non-hydrogen) atoms. The molecule has 0 amide bonds. The van der Waals surface area contributed by atoms with Gasteiger partial charge in [-0.1, -0.05) is 0 Å². The number of ether oxygens (including phenoxy) is 1. The standard InChI is InChI=1S/C11H12F2O2/c1-11(2,3)10(14)15-9-5-4-7(12)6-8(9)13/h4-6H,1-3H3. The summed E-state index contributed by atoms with van der Waals surface area (Å²) in [5.74, 6) is -2.40. The average Bonchev–Trinajstić information content (AvgIpc) is 2.08. The minimum atomic E-state index is -0.882. The summed E-state index contributed by atoms with van der Waals surface area (Å²) in [5.41, 5.74) is -0.721. The maximum absolute atomic E-state index is 13.1. The van der Waals surface area contributed by atoms with Gasteiger partial charge in [-0.2, -0.15) is 0 Å². The van der Waals surface area contributed by atoms with Crippen LogP contribution in [0.1, 0.15) is 20.8 Å². The van der Waals surface area contributed by atoms with Crippen LogP contribution in [0.4, 0.5) is 8.78 Å². The van der Waals surface area contributed by atoms with Gasteiger partial charge in [0.1, 0.15) is 5.82 Å². The van der Waals surface area contributed by atoms with E-state index in [-0.39, 0.29) is 5.75 Å². The first kappa shape index (κ1) is 11.6. The number of benzene rings is 1. The number of carbonyl (C=O) groups is 1. The Bertz CT molecular complexity index is 381. The fraction of sp³-hybridized carbons (Fsp3) is 0.364. The molecule has 0 aliphatic rings. The van der Waals surface area contributed by atoms with Gasteiger partial charge in [0, 0.05) is 6.07 Å². The summed E-state index contributed by atoms with van der Waals surface area (Å²) in [7, 11) is 0. The summed E-state index contributed by atoms with van der Waals surface area (Å²) in [6.07, 6.45) is 0. The van der Waals surface area contributed by atoms with Crippen LogP contribution in [0, 0.1) is 17.0 Å². The van der Waals surface area contributed by atoms with Crippen molar-refractivity contribution in [1.82, 2.24) is 0 Å². The van der Waals surface area contributed by atoms with E-state index in [2.05, 4.69) is 0 Å². The average molecular weight is 214 g/mol. The van der Waals surface area contributed by atoms with Crippen molar-refractivity contribution in [3.8, 4) is 5.75 Å². The first-order valence-electron chi connectivity index (χ1n) is 4.48. The van der Waals surface area contributed by atoms with Crippen molar-refractivity contribution in [2.45, 2.75) is 20.8 Å². The highest BCUT2D eigenvalue weighted by molar-refractivity contribution is 5.77. The van der Waals surface area contributed by atoms with Crippen LogP contribution in [0.25, 0.3) is 0 Å². The van der Waals surface area contributed by atoms with Gasteiger partial charge in [0.2, 0.25) is 0 Å². The SMILES string of the molecule is CC(C)(C)C(=O)Oc1ccc(F)cc1F. The van der Waals surface area contributed by atoms with E-state index in [1.807, 2.05) is 0 Å². The molecule has 2 nitrogen and oxygen atoms in total. The molecule has 0 bridgehead atoms. The van der Waals surface area contributed by atoms with Crippen LogP contribution >= 0.6 is 0 Å². The van der Waals surface area contributed by atoms with Crippen LogP contribution in [0.2, 0.25) is 0 Å². The number of hydrogen-bond acceptors (Lipinski definition) is 2. The van der Waals surface area contributed by atoms with E-state index in [0.717, 1.165) is 12.1 Å². The molecule has 0 aliphatic carbocycles. The van der Waals surface area contributed by atoms with Gasteiger partial charge >= 0.3 is 5.97 Å². The zero-order chi connectivity index (χ0) is 11.6. The second kappa shape index (κ2) is 3.96. The van der Waals surface area contributed by atoms with Gasteiger partial charge in [-0.15, -0.1) is 0 Å². The summed E-state index contributed by atoms with van der Waals surface area (Å²) in [5, 5.41) is 0. The number of hydrogen-bond donors (Lipinski definition) is 0. The summed E-state index contributed by atoms with van der Waals surface area (Å²) in [6, 6.07) is 2.80. The van der Waals surface area contributed by atoms with E-state index in [9.17, 15) is 13.6 Å². The summed E-state index contributed by atoms with van der Waals surface area (Å²) >= 11 is 0. The smallest absolute Gasteiger partial charge is 0.316 e. The lowest BCUT2D eigenvalue weighted by Gasteiger charge is -2.16. The summed E-state index contributed by atoms with van der Waals surface area (Å²) in [4.78, 5) is 11.4. The number of halogens is 2. The lowest BCUT2D eigenvalue weighted by molar-refractivity contribution is -0.143. The molecule has 0 aromatic heterocycles. The first-order chi connectivity index (χ1) is 6.80. The Morgan fingerprint density at radius 1 is 1.27 bits per heavy atom. The molecule has 1 rings (SSSR count). The highest BCUT2D eigenvalue weighted by atomic mass is 19.1. The minimum Gasteiger partial charge on any atom is -0.423 e. The Morgan fingerprint density at radius 3 is 2.33 bits per heavy atom. The van der Waals surface area contributed by atoms with Gasteiger partial charge in [-0.3, -0.25) is 4.79 Å². The second-order valence-electron chi connectivity index (χ2n) is 4.21. The van der Waals surface area contributed by atoms with Crippen molar-refractivity contribution in [1.29, 1.82) is 0 Å². The third kappa shape index (κ3) is 3.01. The predicted molar refractivity (Wildman–Crippen MR) is 51.4 cm³/mol. The largest absolute Gasteiger partial charge is 0.423 e. The van der Waals surface area contributed by atoms with Crippen LogP contribution in [-0.2, 0) is 4.79 Å². The fourth-order valence-corrected chi connectivity index (χ4v) is 0.811. The topological polar surface area (TPSA) is 26.3 Å². The van der Waals surface area contributed by atoms with Crippen molar-refractivity contribution in [2.75, 3.05) is 0 Å². The Hall–Kier alpha value is -1.45. The lowest BCUT2D eigenvalue weighted by Crippen LogP contribution is -2.25. The molecule has 0 N–H and O–H groups in total. The normalized spacial score (nSPS) is 11.3. The van der Waals surface area contributed by atoms with Gasteiger partial charge in [-0.05, 0) is 32.9 Å². The molecule has 1 aromatic rings. The second-order valence-corrected chi connectivity index (χ2v) is 4.21. The molecule has 0 spiro atoms. The van der Waals surface area contributed by atoms with E-state index in [1.54, 1.807) is 20.8 Å². The fourth-order valence-electron chi connectivity index (χ4n) is 0.811. The number of carbonyl (C=O) groups excluding carboxylic acids is 1. The van der Waals surface area contributed by atoms with E-state index in [4.69, 9.17) is 4.74 Å². The first-order valence-corrected chi connectivity index (χ1v) is 4.48. The molecule has 82 valence electrons. The Morgan fingerprint density at radius 2 is 1.87 bits per heavy atom. The minimum absolute atomic E-state index is 0.253. The highest BCUT2D eigenvalue weighted by Gasteiger charge is 2.24. The van der Waals surface area contributed by atoms with Gasteiger partial charge in [-0.25, -0.2) is 8.78 Å². The predicted octanol–water partition coefficient (Wildman–Crippen LogP) is 2.92. The molecule has 1 aromatic carbocycles.